The van der Waals surface area contributed by atoms with Crippen LogP contribution in [0.3, 0.4) is 0 Å². The molecule has 1 fully saturated rings. The summed E-state index contributed by atoms with van der Waals surface area (Å²) in [6.07, 6.45) is 2.62. The highest BCUT2D eigenvalue weighted by Gasteiger charge is 2.24. The van der Waals surface area contributed by atoms with Gasteiger partial charge in [-0.15, -0.1) is 0 Å². The number of aromatic amines is 1. The van der Waals surface area contributed by atoms with Gasteiger partial charge in [0.15, 0.2) is 5.58 Å². The van der Waals surface area contributed by atoms with Crippen molar-refractivity contribution in [1.29, 1.82) is 0 Å². The van der Waals surface area contributed by atoms with Crippen molar-refractivity contribution in [3.05, 3.63) is 39.9 Å². The quantitative estimate of drug-likeness (QED) is 0.858. The van der Waals surface area contributed by atoms with Crippen molar-refractivity contribution in [2.75, 3.05) is 0 Å². The summed E-state index contributed by atoms with van der Waals surface area (Å²) >= 11 is 0. The van der Waals surface area contributed by atoms with Gasteiger partial charge in [0.2, 0.25) is 0 Å². The van der Waals surface area contributed by atoms with Crippen LogP contribution < -0.4 is 5.76 Å². The number of oxazole rings is 1. The maximum Gasteiger partial charge on any atom is 0.417 e. The average molecular weight is 229 g/mol. The molecule has 2 aromatic rings. The van der Waals surface area contributed by atoms with Gasteiger partial charge < -0.3 is 4.42 Å². The zero-order valence-electron chi connectivity index (χ0n) is 10.0. The van der Waals surface area contributed by atoms with Gasteiger partial charge in [0.25, 0.3) is 0 Å². The first-order valence-electron chi connectivity index (χ1n) is 5.96. The smallest absolute Gasteiger partial charge is 0.408 e. The molecule has 3 heteroatoms. The number of nitrogens with one attached hydrogen (secondary N) is 1. The summed E-state index contributed by atoms with van der Waals surface area (Å²) in [4.78, 5) is 13.7. The summed E-state index contributed by atoms with van der Waals surface area (Å²) in [7, 11) is 0. The van der Waals surface area contributed by atoms with E-state index >= 15 is 0 Å². The number of benzene rings is 1. The lowest BCUT2D eigenvalue weighted by Crippen LogP contribution is -1.92. The van der Waals surface area contributed by atoms with Gasteiger partial charge in [0, 0.05) is 0 Å². The molecule has 0 aliphatic heterocycles. The minimum atomic E-state index is -0.391. The van der Waals surface area contributed by atoms with Crippen LogP contribution in [0.1, 0.15) is 32.3 Å². The second-order valence-corrected chi connectivity index (χ2v) is 4.81. The largest absolute Gasteiger partial charge is 0.417 e. The molecule has 1 aliphatic rings. The van der Waals surface area contributed by atoms with Gasteiger partial charge in [-0.1, -0.05) is 11.6 Å². The molecule has 1 heterocycles. The summed E-state index contributed by atoms with van der Waals surface area (Å²) in [5.41, 5.74) is 5.30. The van der Waals surface area contributed by atoms with Crippen molar-refractivity contribution in [3.63, 3.8) is 0 Å². The molecular formula is C14H15NO2. The van der Waals surface area contributed by atoms with Crippen molar-refractivity contribution in [3.8, 4) is 0 Å². The van der Waals surface area contributed by atoms with Gasteiger partial charge in [-0.2, -0.15) is 0 Å². The Labute approximate surface area is 99.1 Å². The minimum absolute atomic E-state index is 0.391. The number of rotatable bonds is 2. The van der Waals surface area contributed by atoms with E-state index in [1.54, 1.807) is 0 Å². The molecule has 1 aromatic carbocycles. The zero-order chi connectivity index (χ0) is 12.0. The molecular weight excluding hydrogens is 214 g/mol. The first-order chi connectivity index (χ1) is 8.15. The van der Waals surface area contributed by atoms with E-state index in [1.807, 2.05) is 18.2 Å². The Bertz CT molecular complexity index is 656. The van der Waals surface area contributed by atoms with E-state index < -0.39 is 5.76 Å². The maximum atomic E-state index is 11.1. The van der Waals surface area contributed by atoms with Gasteiger partial charge in [-0.3, -0.25) is 4.98 Å². The van der Waals surface area contributed by atoms with Crippen LogP contribution in [0.25, 0.3) is 16.7 Å². The van der Waals surface area contributed by atoms with Crippen molar-refractivity contribution < 1.29 is 4.42 Å². The molecule has 0 unspecified atom stereocenters. The molecule has 1 N–H and O–H groups in total. The fraction of sp³-hybridized carbons (Fsp3) is 0.357. The molecule has 0 spiro atoms. The number of hydrogen-bond donors (Lipinski definition) is 1. The molecule has 0 atom stereocenters. The van der Waals surface area contributed by atoms with Crippen molar-refractivity contribution in [2.24, 2.45) is 5.92 Å². The van der Waals surface area contributed by atoms with Crippen LogP contribution in [0, 0.1) is 5.92 Å². The van der Waals surface area contributed by atoms with E-state index in [4.69, 9.17) is 4.42 Å². The molecule has 0 amide bonds. The van der Waals surface area contributed by atoms with Crippen LogP contribution in [0.2, 0.25) is 0 Å². The highest BCUT2D eigenvalue weighted by Crippen LogP contribution is 2.39. The van der Waals surface area contributed by atoms with E-state index in [0.717, 1.165) is 17.0 Å². The van der Waals surface area contributed by atoms with Crippen LogP contribution in [-0.2, 0) is 0 Å². The normalized spacial score (nSPS) is 17.3. The second-order valence-electron chi connectivity index (χ2n) is 4.81. The number of hydrogen-bond acceptors (Lipinski definition) is 2. The predicted octanol–water partition coefficient (Wildman–Crippen LogP) is 3.32. The summed E-state index contributed by atoms with van der Waals surface area (Å²) < 4.78 is 5.08. The first kappa shape index (κ1) is 10.4. The summed E-state index contributed by atoms with van der Waals surface area (Å²) in [5, 5.41) is 0. The Morgan fingerprint density at radius 2 is 2.12 bits per heavy atom. The lowest BCUT2D eigenvalue weighted by molar-refractivity contribution is 0.555. The van der Waals surface area contributed by atoms with Crippen molar-refractivity contribution >= 4 is 16.7 Å². The summed E-state index contributed by atoms with van der Waals surface area (Å²) in [6, 6.07) is 5.88. The SMILES string of the molecule is C/C(=C(\C)C1CC1)c1ccc2[nH]c(=O)oc2c1. The monoisotopic (exact) mass is 229 g/mol. The predicted molar refractivity (Wildman–Crippen MR) is 67.8 cm³/mol. The lowest BCUT2D eigenvalue weighted by Gasteiger charge is -2.06. The van der Waals surface area contributed by atoms with Gasteiger partial charge in [0.05, 0.1) is 5.52 Å². The third-order valence-corrected chi connectivity index (χ3v) is 3.64. The fourth-order valence-electron chi connectivity index (χ4n) is 2.23. The van der Waals surface area contributed by atoms with Gasteiger partial charge in [0.1, 0.15) is 0 Å². The Balaban J connectivity index is 2.11. The van der Waals surface area contributed by atoms with Gasteiger partial charge in [-0.05, 0) is 55.9 Å². The Kier molecular flexibility index (Phi) is 2.21. The van der Waals surface area contributed by atoms with Gasteiger partial charge in [-0.25, -0.2) is 4.79 Å². The first-order valence-corrected chi connectivity index (χ1v) is 5.96. The van der Waals surface area contributed by atoms with Crippen LogP contribution in [-0.4, -0.2) is 4.98 Å². The minimum Gasteiger partial charge on any atom is -0.408 e. The van der Waals surface area contributed by atoms with E-state index in [-0.39, 0.29) is 0 Å². The van der Waals surface area contributed by atoms with E-state index in [0.29, 0.717) is 5.58 Å². The Morgan fingerprint density at radius 3 is 2.82 bits per heavy atom. The highest BCUT2D eigenvalue weighted by molar-refractivity contribution is 5.79. The number of H-pyrrole nitrogens is 1. The molecule has 3 nitrogen and oxygen atoms in total. The van der Waals surface area contributed by atoms with E-state index in [2.05, 4.69) is 18.8 Å². The number of aromatic nitrogens is 1. The Hall–Kier alpha value is -1.77. The molecule has 1 aromatic heterocycles. The van der Waals surface area contributed by atoms with Crippen molar-refractivity contribution in [1.82, 2.24) is 4.98 Å². The molecule has 1 aliphatic carbocycles. The van der Waals surface area contributed by atoms with E-state index in [1.165, 1.54) is 24.0 Å². The molecule has 0 radical (unpaired) electrons. The zero-order valence-corrected chi connectivity index (χ0v) is 10.0. The molecule has 88 valence electrons. The summed E-state index contributed by atoms with van der Waals surface area (Å²) in [5.74, 6) is 0.377. The maximum absolute atomic E-state index is 11.1. The van der Waals surface area contributed by atoms with Crippen LogP contribution in [0.4, 0.5) is 0 Å². The average Bonchev–Trinajstić information content (AvgIpc) is 3.08. The Morgan fingerprint density at radius 1 is 1.35 bits per heavy atom. The molecule has 0 bridgehead atoms. The lowest BCUT2D eigenvalue weighted by atomic mass is 9.99. The number of allylic oxidation sites excluding steroid dienone is 2. The molecule has 17 heavy (non-hydrogen) atoms. The molecule has 0 saturated heterocycles. The molecule has 3 rings (SSSR count). The van der Waals surface area contributed by atoms with Crippen LogP contribution in [0.15, 0.2) is 33.0 Å². The van der Waals surface area contributed by atoms with Crippen LogP contribution in [0.5, 0.6) is 0 Å². The summed E-state index contributed by atoms with van der Waals surface area (Å²) in [6.45, 7) is 4.34. The molecule has 1 saturated carbocycles. The third-order valence-electron chi connectivity index (χ3n) is 3.64. The topological polar surface area (TPSA) is 46.0 Å². The van der Waals surface area contributed by atoms with Crippen molar-refractivity contribution in [2.45, 2.75) is 26.7 Å². The third kappa shape index (κ3) is 1.82. The van der Waals surface area contributed by atoms with E-state index in [9.17, 15) is 4.79 Å². The van der Waals surface area contributed by atoms with Crippen LogP contribution >= 0.6 is 0 Å². The number of fused-ring (bicyclic) bond motifs is 1. The highest BCUT2D eigenvalue weighted by atomic mass is 16.4. The standard InChI is InChI=1S/C14H15NO2/c1-8(10-3-4-10)9(2)11-5-6-12-13(7-11)17-14(16)15-12/h5-7,10H,3-4H2,1-2H3,(H,15,16)/b9-8-. The van der Waals surface area contributed by atoms with Gasteiger partial charge >= 0.3 is 5.76 Å². The second kappa shape index (κ2) is 3.62. The fourth-order valence-corrected chi connectivity index (χ4v) is 2.23.